The molecule has 1 aromatic carbocycles. The van der Waals surface area contributed by atoms with Gasteiger partial charge in [-0.15, -0.1) is 0 Å². The van der Waals surface area contributed by atoms with Crippen LogP contribution in [0.4, 0.5) is 0 Å². The number of unbranched alkanes of at least 4 members (excludes halogenated alkanes) is 1. The standard InChI is InChI=1S/C25H40N6/c1-4-14-30(15-5-2)16-6-7-17-31(22(3)18-26)21-24-10-8-23(9-11-24)19-27-20-25-28-12-13-29-25/h8-13,22,27H,4-7,14-17,19-21H2,1-3H3,(H,28,29). The zero-order valence-electron chi connectivity index (χ0n) is 19.6. The molecule has 2 N–H and O–H groups in total. The maximum atomic E-state index is 9.47. The van der Waals surface area contributed by atoms with Crippen molar-refractivity contribution in [3.63, 3.8) is 0 Å². The first kappa shape index (κ1) is 25.1. The highest BCUT2D eigenvalue weighted by atomic mass is 15.1. The first-order valence-electron chi connectivity index (χ1n) is 11.8. The first-order valence-corrected chi connectivity index (χ1v) is 11.8. The van der Waals surface area contributed by atoms with Gasteiger partial charge in [0.1, 0.15) is 5.82 Å². The molecule has 2 rings (SSSR count). The molecule has 0 amide bonds. The molecule has 0 spiro atoms. The summed E-state index contributed by atoms with van der Waals surface area (Å²) in [5, 5.41) is 12.9. The van der Waals surface area contributed by atoms with E-state index in [-0.39, 0.29) is 6.04 Å². The van der Waals surface area contributed by atoms with E-state index in [0.29, 0.717) is 0 Å². The van der Waals surface area contributed by atoms with Crippen LogP contribution in [-0.2, 0) is 19.6 Å². The monoisotopic (exact) mass is 424 g/mol. The van der Waals surface area contributed by atoms with Crippen molar-refractivity contribution in [2.75, 3.05) is 26.2 Å². The number of rotatable bonds is 16. The van der Waals surface area contributed by atoms with Crippen LogP contribution < -0.4 is 5.32 Å². The van der Waals surface area contributed by atoms with Crippen molar-refractivity contribution in [3.05, 3.63) is 53.6 Å². The van der Waals surface area contributed by atoms with Crippen LogP contribution in [-0.4, -0.2) is 52.0 Å². The van der Waals surface area contributed by atoms with Gasteiger partial charge >= 0.3 is 0 Å². The van der Waals surface area contributed by atoms with E-state index < -0.39 is 0 Å². The van der Waals surface area contributed by atoms with Gasteiger partial charge in [-0.05, 0) is 69.9 Å². The molecule has 6 heteroatoms. The minimum absolute atomic E-state index is 0.0722. The predicted octanol–water partition coefficient (Wildman–Crippen LogP) is 4.32. The van der Waals surface area contributed by atoms with E-state index in [9.17, 15) is 5.26 Å². The van der Waals surface area contributed by atoms with Gasteiger partial charge in [-0.1, -0.05) is 38.1 Å². The lowest BCUT2D eigenvalue weighted by Gasteiger charge is -2.26. The zero-order chi connectivity index (χ0) is 22.3. The van der Waals surface area contributed by atoms with Crippen LogP contribution in [0.2, 0.25) is 0 Å². The molecule has 1 atom stereocenters. The average Bonchev–Trinajstić information content (AvgIpc) is 3.30. The van der Waals surface area contributed by atoms with Gasteiger partial charge in [-0.2, -0.15) is 5.26 Å². The lowest BCUT2D eigenvalue weighted by molar-refractivity contribution is 0.218. The number of hydrogen-bond donors (Lipinski definition) is 2. The summed E-state index contributed by atoms with van der Waals surface area (Å²) >= 11 is 0. The molecule has 0 radical (unpaired) electrons. The summed E-state index contributed by atoms with van der Waals surface area (Å²) in [4.78, 5) is 12.2. The number of aromatic amines is 1. The fourth-order valence-corrected chi connectivity index (χ4v) is 3.83. The Morgan fingerprint density at radius 1 is 1.00 bits per heavy atom. The van der Waals surface area contributed by atoms with Crippen LogP contribution >= 0.6 is 0 Å². The largest absolute Gasteiger partial charge is 0.348 e. The maximum absolute atomic E-state index is 9.47. The number of benzene rings is 1. The number of imidazole rings is 1. The summed E-state index contributed by atoms with van der Waals surface area (Å²) in [6.45, 7) is 13.4. The molecule has 0 aliphatic heterocycles. The quantitative estimate of drug-likeness (QED) is 0.393. The normalized spacial score (nSPS) is 12.4. The molecule has 1 heterocycles. The molecule has 0 fully saturated rings. The summed E-state index contributed by atoms with van der Waals surface area (Å²) in [7, 11) is 0. The number of nitriles is 1. The highest BCUT2D eigenvalue weighted by Gasteiger charge is 2.14. The second-order valence-electron chi connectivity index (χ2n) is 8.28. The second-order valence-corrected chi connectivity index (χ2v) is 8.28. The maximum Gasteiger partial charge on any atom is 0.120 e. The van der Waals surface area contributed by atoms with Crippen LogP contribution in [0.5, 0.6) is 0 Å². The Labute approximate surface area is 188 Å². The molecule has 0 saturated carbocycles. The van der Waals surface area contributed by atoms with Crippen LogP contribution in [0, 0.1) is 11.3 Å². The highest BCUT2D eigenvalue weighted by molar-refractivity contribution is 5.22. The second kappa shape index (κ2) is 14.7. The smallest absolute Gasteiger partial charge is 0.120 e. The van der Waals surface area contributed by atoms with E-state index in [4.69, 9.17) is 0 Å². The lowest BCUT2D eigenvalue weighted by atomic mass is 10.1. The molecular formula is C25H40N6. The Hall–Kier alpha value is -2.20. The van der Waals surface area contributed by atoms with Crippen LogP contribution in [0.15, 0.2) is 36.7 Å². The minimum Gasteiger partial charge on any atom is -0.348 e. The molecular weight excluding hydrogens is 384 g/mol. The third-order valence-corrected chi connectivity index (χ3v) is 5.57. The molecule has 1 unspecified atom stereocenters. The van der Waals surface area contributed by atoms with E-state index in [0.717, 1.165) is 45.0 Å². The Kier molecular flexibility index (Phi) is 11.9. The van der Waals surface area contributed by atoms with Gasteiger partial charge in [-0.25, -0.2) is 4.98 Å². The summed E-state index contributed by atoms with van der Waals surface area (Å²) in [6, 6.07) is 11.1. The highest BCUT2D eigenvalue weighted by Crippen LogP contribution is 2.12. The lowest BCUT2D eigenvalue weighted by Crippen LogP contribution is -2.33. The van der Waals surface area contributed by atoms with E-state index in [2.05, 4.69) is 69.3 Å². The molecule has 0 bridgehead atoms. The molecule has 0 aliphatic carbocycles. The van der Waals surface area contributed by atoms with Crippen molar-refractivity contribution in [1.29, 1.82) is 5.26 Å². The predicted molar refractivity (Wildman–Crippen MR) is 127 cm³/mol. The minimum atomic E-state index is -0.0722. The molecule has 170 valence electrons. The van der Waals surface area contributed by atoms with Gasteiger partial charge in [0.05, 0.1) is 18.7 Å². The van der Waals surface area contributed by atoms with E-state index >= 15 is 0 Å². The summed E-state index contributed by atoms with van der Waals surface area (Å²) in [5.41, 5.74) is 2.51. The van der Waals surface area contributed by atoms with Crippen molar-refractivity contribution in [2.45, 2.75) is 72.1 Å². The summed E-state index contributed by atoms with van der Waals surface area (Å²) in [5.74, 6) is 0.949. The SMILES string of the molecule is CCCN(CCC)CCCCN(Cc1ccc(CNCc2ncc[nH]2)cc1)C(C)C#N. The Balaban J connectivity index is 1.78. The van der Waals surface area contributed by atoms with Crippen LogP contribution in [0.25, 0.3) is 0 Å². The van der Waals surface area contributed by atoms with E-state index in [1.54, 1.807) is 6.20 Å². The average molecular weight is 425 g/mol. The molecule has 0 saturated heterocycles. The number of aromatic nitrogens is 2. The van der Waals surface area contributed by atoms with Crippen LogP contribution in [0.1, 0.15) is 63.4 Å². The molecule has 2 aromatic rings. The van der Waals surface area contributed by atoms with Crippen molar-refractivity contribution in [1.82, 2.24) is 25.1 Å². The zero-order valence-corrected chi connectivity index (χ0v) is 19.6. The number of H-pyrrole nitrogens is 1. The summed E-state index contributed by atoms with van der Waals surface area (Å²) < 4.78 is 0. The first-order chi connectivity index (χ1) is 15.2. The van der Waals surface area contributed by atoms with Crippen molar-refractivity contribution in [3.8, 4) is 6.07 Å². The molecule has 0 aliphatic rings. The van der Waals surface area contributed by atoms with E-state index in [1.807, 2.05) is 13.1 Å². The molecule has 31 heavy (non-hydrogen) atoms. The molecule has 1 aromatic heterocycles. The summed E-state index contributed by atoms with van der Waals surface area (Å²) in [6.07, 6.45) is 8.36. The Morgan fingerprint density at radius 2 is 1.68 bits per heavy atom. The third kappa shape index (κ3) is 9.65. The van der Waals surface area contributed by atoms with Gasteiger partial charge in [0.15, 0.2) is 0 Å². The number of hydrogen-bond acceptors (Lipinski definition) is 5. The van der Waals surface area contributed by atoms with Crippen LogP contribution in [0.3, 0.4) is 0 Å². The Morgan fingerprint density at radius 3 is 2.29 bits per heavy atom. The van der Waals surface area contributed by atoms with Crippen molar-refractivity contribution >= 4 is 0 Å². The van der Waals surface area contributed by atoms with Crippen molar-refractivity contribution < 1.29 is 0 Å². The molecule has 6 nitrogen and oxygen atoms in total. The fraction of sp³-hybridized carbons (Fsp3) is 0.600. The Bertz CT molecular complexity index is 728. The topological polar surface area (TPSA) is 71.0 Å². The number of nitrogens with one attached hydrogen (secondary N) is 2. The fourth-order valence-electron chi connectivity index (χ4n) is 3.83. The van der Waals surface area contributed by atoms with Gasteiger partial charge in [0.25, 0.3) is 0 Å². The van der Waals surface area contributed by atoms with Gasteiger partial charge < -0.3 is 15.2 Å². The third-order valence-electron chi connectivity index (χ3n) is 5.57. The van der Waals surface area contributed by atoms with Gasteiger partial charge in [0.2, 0.25) is 0 Å². The van der Waals surface area contributed by atoms with E-state index in [1.165, 1.54) is 43.5 Å². The van der Waals surface area contributed by atoms with Gasteiger partial charge in [-0.3, -0.25) is 4.90 Å². The van der Waals surface area contributed by atoms with Gasteiger partial charge in [0, 0.05) is 25.5 Å². The number of nitrogens with zero attached hydrogens (tertiary/aromatic N) is 4. The van der Waals surface area contributed by atoms with Crippen molar-refractivity contribution in [2.24, 2.45) is 0 Å².